The van der Waals surface area contributed by atoms with Gasteiger partial charge in [-0.05, 0) is 101 Å². The summed E-state index contributed by atoms with van der Waals surface area (Å²) in [7, 11) is -1.68. The first-order valence-corrected chi connectivity index (χ1v) is 24.9. The summed E-state index contributed by atoms with van der Waals surface area (Å²) < 4.78 is 71.3. The van der Waals surface area contributed by atoms with E-state index in [1.54, 1.807) is 48.6 Å². The van der Waals surface area contributed by atoms with Crippen LogP contribution in [0.3, 0.4) is 0 Å². The van der Waals surface area contributed by atoms with Gasteiger partial charge in [-0.1, -0.05) is 36.4 Å². The number of benzene rings is 4. The lowest BCUT2D eigenvalue weighted by Crippen LogP contribution is -2.43. The third-order valence-corrected chi connectivity index (χ3v) is 11.8. The smallest absolute Gasteiger partial charge is 0.328 e. The number of hydrogen-bond donors (Lipinski definition) is 6. The second-order valence-corrected chi connectivity index (χ2v) is 18.7. The molecule has 4 aromatic carbocycles. The molecule has 6 aromatic rings. The van der Waals surface area contributed by atoms with Gasteiger partial charge >= 0.3 is 12.1 Å². The highest BCUT2D eigenvalue weighted by Gasteiger charge is 2.36. The Kier molecular flexibility index (Phi) is 18.3. The third-order valence-electron chi connectivity index (χ3n) is 11.1. The Morgan fingerprint density at radius 2 is 1.11 bits per heavy atom. The van der Waals surface area contributed by atoms with E-state index in [1.165, 1.54) is 18.4 Å². The molecule has 2 aliphatic heterocycles. The maximum Gasteiger partial charge on any atom is 0.328 e. The average Bonchev–Trinajstić information content (AvgIpc) is 3.36. The Bertz CT molecular complexity index is 3190. The molecule has 0 spiro atoms. The summed E-state index contributed by atoms with van der Waals surface area (Å²) >= 11 is 0. The molecule has 7 N–H and O–H groups in total. The zero-order valence-corrected chi connectivity index (χ0v) is 43.0. The van der Waals surface area contributed by atoms with Crippen LogP contribution < -0.4 is 42.1 Å². The average molecular weight is 1050 g/mol. The summed E-state index contributed by atoms with van der Waals surface area (Å²) in [4.78, 5) is 70.5. The van der Waals surface area contributed by atoms with Gasteiger partial charge in [0.2, 0.25) is 11.1 Å². The third kappa shape index (κ3) is 12.7. The van der Waals surface area contributed by atoms with Gasteiger partial charge in [-0.2, -0.15) is 4.98 Å². The number of urea groups is 2. The maximum absolute atomic E-state index is 14.8. The van der Waals surface area contributed by atoms with Crippen molar-refractivity contribution in [3.8, 4) is 22.5 Å². The summed E-state index contributed by atoms with van der Waals surface area (Å²) in [5.41, 5.74) is 8.83. The van der Waals surface area contributed by atoms with Crippen LogP contribution >= 0.6 is 0 Å². The minimum Gasteiger partial charge on any atom is -0.351 e. The van der Waals surface area contributed by atoms with Crippen molar-refractivity contribution >= 4 is 63.6 Å². The Labute approximate surface area is 433 Å². The number of fused-ring (bicyclic) bond motifs is 2. The van der Waals surface area contributed by atoms with Crippen LogP contribution in [0, 0.1) is 37.1 Å². The molecule has 17 nitrogen and oxygen atoms in total. The minimum atomic E-state index is -1.68. The van der Waals surface area contributed by atoms with E-state index in [2.05, 4.69) is 59.7 Å². The molecule has 0 aliphatic carbocycles. The molecule has 0 saturated heterocycles. The van der Waals surface area contributed by atoms with Crippen molar-refractivity contribution in [1.29, 1.82) is 0 Å². The number of aryl methyl sites for hydroxylation is 2. The lowest BCUT2D eigenvalue weighted by Gasteiger charge is -2.31. The van der Waals surface area contributed by atoms with Crippen molar-refractivity contribution in [2.24, 2.45) is 5.73 Å². The highest BCUT2D eigenvalue weighted by Crippen LogP contribution is 2.41. The normalized spacial score (nSPS) is 12.9. The Morgan fingerprint density at radius 3 is 1.49 bits per heavy atom. The number of nitrogens with two attached hydrogens (primary N) is 1. The van der Waals surface area contributed by atoms with Gasteiger partial charge in [-0.3, -0.25) is 13.8 Å². The summed E-state index contributed by atoms with van der Waals surface area (Å²) in [6, 6.07) is 15.2. The van der Waals surface area contributed by atoms with Gasteiger partial charge in [0.15, 0.2) is 11.6 Å². The van der Waals surface area contributed by atoms with E-state index in [4.69, 9.17) is 5.73 Å². The first-order valence-electron chi connectivity index (χ1n) is 23.4. The molecule has 0 saturated carbocycles. The fourth-order valence-electron chi connectivity index (χ4n) is 7.66. The maximum atomic E-state index is 14.8. The fourth-order valence-corrected chi connectivity index (χ4v) is 8.10. The molecule has 0 fully saturated rings. The van der Waals surface area contributed by atoms with Gasteiger partial charge < -0.3 is 32.3 Å². The minimum absolute atomic E-state index is 0.0274. The second-order valence-electron chi connectivity index (χ2n) is 17.4. The summed E-state index contributed by atoms with van der Waals surface area (Å²) in [5, 5.41) is 13.8. The van der Waals surface area contributed by atoms with Gasteiger partial charge in [0, 0.05) is 64.8 Å². The second kappa shape index (κ2) is 24.6. The summed E-state index contributed by atoms with van der Waals surface area (Å²) in [6.07, 6.45) is 4.62. The van der Waals surface area contributed by atoms with E-state index in [0.717, 1.165) is 45.2 Å². The van der Waals surface area contributed by atoms with E-state index >= 15 is 0 Å². The number of carbonyl (C=O) groups is 4. The zero-order chi connectivity index (χ0) is 54.8. The van der Waals surface area contributed by atoms with Crippen molar-refractivity contribution in [3.63, 3.8) is 0 Å². The number of hydrogen-bond acceptors (Lipinski definition) is 11. The van der Waals surface area contributed by atoms with E-state index < -0.39 is 57.5 Å². The number of halogens is 4. The molecule has 75 heavy (non-hydrogen) atoms. The van der Waals surface area contributed by atoms with Crippen LogP contribution in [0.2, 0.25) is 0 Å². The Morgan fingerprint density at radius 1 is 0.693 bits per heavy atom. The van der Waals surface area contributed by atoms with Crippen LogP contribution in [-0.2, 0) is 23.9 Å². The van der Waals surface area contributed by atoms with E-state index in [9.17, 15) is 40.9 Å². The summed E-state index contributed by atoms with van der Waals surface area (Å²) in [6.45, 7) is 19.0. The Hall–Kier alpha value is -8.37. The number of nitrogens with zero attached hydrogens (tertiary/aromatic N) is 6. The number of aromatic nitrogens is 4. The zero-order valence-electron chi connectivity index (χ0n) is 42.2. The van der Waals surface area contributed by atoms with E-state index in [1.807, 2.05) is 41.5 Å². The number of carbonyl (C=O) groups excluding carboxylic acids is 4. The van der Waals surface area contributed by atoms with Crippen LogP contribution in [0.4, 0.5) is 56.1 Å². The van der Waals surface area contributed by atoms with Crippen LogP contribution in [0.15, 0.2) is 103 Å². The van der Waals surface area contributed by atoms with Crippen LogP contribution in [-0.4, -0.2) is 79.5 Å². The number of para-hydroxylation sites is 2. The molecule has 0 radical (unpaired) electrons. The summed E-state index contributed by atoms with van der Waals surface area (Å²) in [5.74, 6) is -4.19. The molecule has 0 bridgehead atoms. The van der Waals surface area contributed by atoms with E-state index in [-0.39, 0.29) is 59.7 Å². The van der Waals surface area contributed by atoms with Crippen LogP contribution in [0.25, 0.3) is 22.5 Å². The van der Waals surface area contributed by atoms with Gasteiger partial charge in [-0.25, -0.2) is 51.9 Å². The molecular formula is C53H56F4N12O5S. The molecule has 22 heteroatoms. The Balaban J connectivity index is 0.000000228. The number of nitrogens with one attached hydrogen (secondary N) is 5. The highest BCUT2D eigenvalue weighted by molar-refractivity contribution is 7.84. The topological polar surface area (TPSA) is 230 Å². The van der Waals surface area contributed by atoms with Crippen LogP contribution in [0.5, 0.6) is 0 Å². The molecule has 8 rings (SSSR count). The molecule has 1 atom stereocenters. The predicted molar refractivity (Wildman–Crippen MR) is 281 cm³/mol. The standard InChI is InChI=1S/C26H26F2N6O2.C24H23F2N5O3S.C3H7N/c1-5-11-29-25-32-21(17-12-16(10-9-15(17)4)24(35)31-14(2)3)18-13-30-26(36)34(23(18)33-25)22-19(27)7-6-8-20(22)28;1-12(2)28-22(32)14-9-8-13(3)15(10-14)19-16-11-27-24(33)31(20-17(25)6-5-7-18(20)26)21(16)30-23(29-19)35(4)34;1-2-3-4/h5-10,12,14H,1,11,13H2,2-4H3,(H,30,36)(H,31,35)(H,29,32,33);5-10,12H,11H2,1-4H3,(H,27,33)(H,28,32);2H,1,3-4H2. The molecular weight excluding hydrogens is 993 g/mol. The lowest BCUT2D eigenvalue weighted by atomic mass is 9.97. The molecule has 392 valence electrons. The SMILES string of the molecule is C=CCN.C=CCNc1nc(-c2cc(C(=O)NC(C)C)ccc2C)c2c(n1)N(c1c(F)cccc1F)C(=O)NC2.Cc1ccc(C(=O)NC(C)C)cc1-c1nc(S(C)=O)nc2c1CNC(=O)N2c1c(F)cccc1F. The van der Waals surface area contributed by atoms with Crippen molar-refractivity contribution in [3.05, 3.63) is 155 Å². The lowest BCUT2D eigenvalue weighted by molar-refractivity contribution is 0.0934. The van der Waals surface area contributed by atoms with Gasteiger partial charge in [0.1, 0.15) is 34.6 Å². The van der Waals surface area contributed by atoms with Crippen molar-refractivity contribution < 1.29 is 40.9 Å². The predicted octanol–water partition coefficient (Wildman–Crippen LogP) is 8.93. The van der Waals surface area contributed by atoms with Crippen molar-refractivity contribution in [2.45, 2.75) is 71.9 Å². The van der Waals surface area contributed by atoms with Gasteiger partial charge in [0.25, 0.3) is 11.8 Å². The fraction of sp³-hybridized carbons (Fsp3) is 0.245. The molecule has 1 unspecified atom stereocenters. The van der Waals surface area contributed by atoms with E-state index in [0.29, 0.717) is 57.9 Å². The first kappa shape index (κ1) is 55.9. The number of rotatable bonds is 13. The number of amides is 6. The van der Waals surface area contributed by atoms with Crippen LogP contribution in [0.1, 0.15) is 70.7 Å². The molecule has 2 aromatic heterocycles. The van der Waals surface area contributed by atoms with Crippen molar-refractivity contribution in [2.75, 3.05) is 34.5 Å². The van der Waals surface area contributed by atoms with Gasteiger partial charge in [-0.15, -0.1) is 13.2 Å². The quantitative estimate of drug-likeness (QED) is 0.0363. The first-order chi connectivity index (χ1) is 35.7. The van der Waals surface area contributed by atoms with Gasteiger partial charge in [0.05, 0.1) is 35.3 Å². The monoisotopic (exact) mass is 1050 g/mol. The molecule has 6 amide bonds. The largest absolute Gasteiger partial charge is 0.351 e. The van der Waals surface area contributed by atoms with Crippen molar-refractivity contribution in [1.82, 2.24) is 41.2 Å². The number of anilines is 5. The highest BCUT2D eigenvalue weighted by atomic mass is 32.2. The molecule has 2 aliphatic rings. The molecule has 4 heterocycles.